The molecule has 5 rings (SSSR count). The molecular formula is C20H28O4. The molecule has 9 atom stereocenters. The van der Waals surface area contributed by atoms with Gasteiger partial charge in [-0.3, -0.25) is 4.79 Å². The maximum absolute atomic E-state index is 13.1. The number of Topliss-reactive ketones (excluding diaryl/α,β-unsaturated/α-hetero) is 1. The molecule has 0 aromatic carbocycles. The Morgan fingerprint density at radius 1 is 1.08 bits per heavy atom. The average Bonchev–Trinajstić information content (AvgIpc) is 2.51. The fourth-order valence-corrected chi connectivity index (χ4v) is 7.84. The summed E-state index contributed by atoms with van der Waals surface area (Å²) < 4.78 is 0. The van der Waals surface area contributed by atoms with E-state index >= 15 is 0 Å². The third-order valence-corrected chi connectivity index (χ3v) is 8.94. The van der Waals surface area contributed by atoms with Gasteiger partial charge >= 0.3 is 0 Å². The van der Waals surface area contributed by atoms with Gasteiger partial charge in [0.1, 0.15) is 5.78 Å². The van der Waals surface area contributed by atoms with Crippen molar-refractivity contribution in [2.75, 3.05) is 0 Å². The second-order valence-electron chi connectivity index (χ2n) is 9.85. The van der Waals surface area contributed by atoms with Gasteiger partial charge < -0.3 is 15.3 Å². The monoisotopic (exact) mass is 332 g/mol. The molecule has 24 heavy (non-hydrogen) atoms. The highest BCUT2D eigenvalue weighted by Gasteiger charge is 2.83. The summed E-state index contributed by atoms with van der Waals surface area (Å²) in [7, 11) is 0. The van der Waals surface area contributed by atoms with Crippen LogP contribution in [0.3, 0.4) is 0 Å². The molecule has 0 saturated heterocycles. The van der Waals surface area contributed by atoms with Crippen LogP contribution in [0.4, 0.5) is 0 Å². The van der Waals surface area contributed by atoms with Crippen molar-refractivity contribution < 1.29 is 20.1 Å². The first kappa shape index (κ1) is 15.5. The SMILES string of the molecule is C=C1C2CCC3C4(C(=O)C1[C@H]24)[C@H](O)CC1C(C)(C)CC[C@H](O)[C@]13O. The van der Waals surface area contributed by atoms with Crippen LogP contribution in [-0.2, 0) is 4.79 Å². The molecule has 5 saturated carbocycles. The lowest BCUT2D eigenvalue weighted by molar-refractivity contribution is -0.315. The van der Waals surface area contributed by atoms with Crippen molar-refractivity contribution in [2.24, 2.45) is 40.4 Å². The quantitative estimate of drug-likeness (QED) is 0.590. The van der Waals surface area contributed by atoms with E-state index < -0.39 is 23.2 Å². The third kappa shape index (κ3) is 1.29. The predicted octanol–water partition coefficient (Wildman–Crippen LogP) is 1.68. The smallest absolute Gasteiger partial charge is 0.149 e. The van der Waals surface area contributed by atoms with Gasteiger partial charge in [-0.2, -0.15) is 0 Å². The summed E-state index contributed by atoms with van der Waals surface area (Å²) in [6.45, 7) is 8.35. The second kappa shape index (κ2) is 4.16. The molecule has 0 amide bonds. The van der Waals surface area contributed by atoms with Crippen LogP contribution in [0.2, 0.25) is 0 Å². The summed E-state index contributed by atoms with van der Waals surface area (Å²) in [5.41, 5.74) is -1.17. The average molecular weight is 332 g/mol. The molecule has 5 unspecified atom stereocenters. The molecule has 5 fully saturated rings. The molecular weight excluding hydrogens is 304 g/mol. The lowest BCUT2D eigenvalue weighted by atomic mass is 9.26. The van der Waals surface area contributed by atoms with Gasteiger partial charge in [0.15, 0.2) is 0 Å². The number of hydrogen-bond donors (Lipinski definition) is 3. The molecule has 4 heteroatoms. The van der Waals surface area contributed by atoms with Crippen molar-refractivity contribution in [3.05, 3.63) is 12.2 Å². The van der Waals surface area contributed by atoms with E-state index in [1.165, 1.54) is 0 Å². The fraction of sp³-hybridized carbons (Fsp3) is 0.850. The summed E-state index contributed by atoms with van der Waals surface area (Å²) in [5, 5.41) is 33.7. The van der Waals surface area contributed by atoms with E-state index in [0.717, 1.165) is 18.4 Å². The Bertz CT molecular complexity index is 654. The first-order valence-corrected chi connectivity index (χ1v) is 9.50. The number of fused-ring (bicyclic) bond motifs is 2. The van der Waals surface area contributed by atoms with Gasteiger partial charge in [0.2, 0.25) is 0 Å². The zero-order valence-corrected chi connectivity index (χ0v) is 14.5. The summed E-state index contributed by atoms with van der Waals surface area (Å²) in [4.78, 5) is 13.1. The number of rotatable bonds is 0. The number of aliphatic hydroxyl groups is 3. The number of carbonyl (C=O) groups excluding carboxylic acids is 1. The number of aliphatic hydroxyl groups excluding tert-OH is 2. The van der Waals surface area contributed by atoms with E-state index in [4.69, 9.17) is 0 Å². The van der Waals surface area contributed by atoms with Crippen molar-refractivity contribution in [1.82, 2.24) is 0 Å². The summed E-state index contributed by atoms with van der Waals surface area (Å²) >= 11 is 0. The van der Waals surface area contributed by atoms with Crippen molar-refractivity contribution in [3.63, 3.8) is 0 Å². The molecule has 0 aromatic heterocycles. The van der Waals surface area contributed by atoms with Crippen molar-refractivity contribution in [3.8, 4) is 0 Å². The minimum atomic E-state index is -1.25. The Morgan fingerprint density at radius 3 is 2.50 bits per heavy atom. The zero-order valence-electron chi connectivity index (χ0n) is 14.5. The van der Waals surface area contributed by atoms with Crippen LogP contribution in [-0.4, -0.2) is 38.9 Å². The molecule has 0 radical (unpaired) electrons. The van der Waals surface area contributed by atoms with Crippen molar-refractivity contribution in [2.45, 2.75) is 63.8 Å². The molecule has 5 aliphatic carbocycles. The highest BCUT2D eigenvalue weighted by Crippen LogP contribution is 2.77. The topological polar surface area (TPSA) is 77.8 Å². The van der Waals surface area contributed by atoms with Gasteiger partial charge in [0, 0.05) is 11.8 Å². The van der Waals surface area contributed by atoms with Crippen LogP contribution in [0.5, 0.6) is 0 Å². The molecule has 132 valence electrons. The molecule has 5 aliphatic rings. The number of hydrogen-bond acceptors (Lipinski definition) is 4. The summed E-state index contributed by atoms with van der Waals surface area (Å²) in [5.74, 6) is -0.00631. The van der Waals surface area contributed by atoms with Crippen LogP contribution in [0.1, 0.15) is 46.0 Å². The number of allylic oxidation sites excluding steroid dienone is 1. The minimum Gasteiger partial charge on any atom is -0.392 e. The summed E-state index contributed by atoms with van der Waals surface area (Å²) in [6.07, 6.45) is 1.97. The number of ketones is 1. The van der Waals surface area contributed by atoms with Crippen LogP contribution in [0.25, 0.3) is 0 Å². The van der Waals surface area contributed by atoms with Gasteiger partial charge in [-0.1, -0.05) is 26.0 Å². The normalized spacial score (nSPS) is 60.3. The first-order chi connectivity index (χ1) is 11.2. The third-order valence-electron chi connectivity index (χ3n) is 8.94. The van der Waals surface area contributed by atoms with E-state index in [-0.39, 0.29) is 34.9 Å². The Hall–Kier alpha value is -0.710. The van der Waals surface area contributed by atoms with Gasteiger partial charge in [0.05, 0.1) is 23.2 Å². The molecule has 0 aromatic rings. The molecule has 0 heterocycles. The van der Waals surface area contributed by atoms with Crippen LogP contribution in [0.15, 0.2) is 12.2 Å². The molecule has 4 nitrogen and oxygen atoms in total. The van der Waals surface area contributed by atoms with Gasteiger partial charge in [0.25, 0.3) is 0 Å². The molecule has 3 N–H and O–H groups in total. The Kier molecular flexibility index (Phi) is 2.69. The van der Waals surface area contributed by atoms with E-state index in [0.29, 0.717) is 25.2 Å². The van der Waals surface area contributed by atoms with E-state index in [1.807, 2.05) is 0 Å². The highest BCUT2D eigenvalue weighted by molar-refractivity contribution is 6.00. The van der Waals surface area contributed by atoms with Crippen LogP contribution >= 0.6 is 0 Å². The predicted molar refractivity (Wildman–Crippen MR) is 87.9 cm³/mol. The van der Waals surface area contributed by atoms with Crippen LogP contribution < -0.4 is 0 Å². The van der Waals surface area contributed by atoms with Gasteiger partial charge in [-0.15, -0.1) is 0 Å². The Morgan fingerprint density at radius 2 is 1.79 bits per heavy atom. The van der Waals surface area contributed by atoms with Gasteiger partial charge in [-0.05, 0) is 55.3 Å². The van der Waals surface area contributed by atoms with Crippen molar-refractivity contribution >= 4 is 5.78 Å². The van der Waals surface area contributed by atoms with E-state index in [9.17, 15) is 20.1 Å². The Labute approximate surface area is 142 Å². The standard InChI is InChI=1S/C20H28O4/c1-9-10-4-5-11-19(16(10)15(9)17(19)23)14(22)8-12-18(2,3)7-6-13(21)20(11,12)24/h10-16,21-22,24H,1,4-8H2,2-3H3/t10?,11?,12?,13-,14+,15?,16-,19?,20+/m0/s1. The lowest BCUT2D eigenvalue weighted by Gasteiger charge is -2.77. The van der Waals surface area contributed by atoms with E-state index in [1.54, 1.807) is 0 Å². The Balaban J connectivity index is 1.65. The van der Waals surface area contributed by atoms with Gasteiger partial charge in [-0.25, -0.2) is 0 Å². The highest BCUT2D eigenvalue weighted by atomic mass is 16.3. The molecule has 1 spiro atoms. The maximum atomic E-state index is 13.1. The minimum absolute atomic E-state index is 0.0911. The molecule has 0 aliphatic heterocycles. The number of carbonyl (C=O) groups is 1. The summed E-state index contributed by atoms with van der Waals surface area (Å²) in [6, 6.07) is 0. The fourth-order valence-electron chi connectivity index (χ4n) is 7.84. The first-order valence-electron chi connectivity index (χ1n) is 9.50. The largest absolute Gasteiger partial charge is 0.392 e. The molecule has 0 bridgehead atoms. The van der Waals surface area contributed by atoms with E-state index in [2.05, 4.69) is 20.4 Å². The lowest BCUT2D eigenvalue weighted by Crippen LogP contribution is -2.83. The van der Waals surface area contributed by atoms with Crippen LogP contribution in [0, 0.1) is 40.4 Å². The zero-order chi connectivity index (χ0) is 17.2. The second-order valence-corrected chi connectivity index (χ2v) is 9.85. The van der Waals surface area contributed by atoms with Crippen molar-refractivity contribution in [1.29, 1.82) is 0 Å². The maximum Gasteiger partial charge on any atom is 0.149 e.